The van der Waals surface area contributed by atoms with E-state index in [1.54, 1.807) is 6.33 Å². The number of nitrogens with zero attached hydrogens (tertiary/aromatic N) is 1. The Hall–Kier alpha value is -2.41. The highest BCUT2D eigenvalue weighted by molar-refractivity contribution is 7.12. The van der Waals surface area contributed by atoms with Crippen molar-refractivity contribution in [2.75, 3.05) is 0 Å². The number of carboxylic acid groups (broad SMARTS) is 2. The lowest BCUT2D eigenvalue weighted by Gasteiger charge is -1.94. The molecule has 7 heteroatoms. The number of nitrogens with one attached hydrogen (secondary N) is 1. The molecule has 0 fully saturated rings. The number of aliphatic carboxylic acids is 2. The van der Waals surface area contributed by atoms with Crippen LogP contribution >= 0.6 is 11.3 Å². The number of imidazole rings is 1. The molecule has 0 saturated carbocycles. The van der Waals surface area contributed by atoms with Crippen molar-refractivity contribution in [3.05, 3.63) is 51.8 Å². The van der Waals surface area contributed by atoms with Gasteiger partial charge in [-0.15, -0.1) is 11.3 Å². The summed E-state index contributed by atoms with van der Waals surface area (Å²) in [6, 6.07) is 2.24. The molecule has 0 aliphatic carbocycles. The van der Waals surface area contributed by atoms with E-state index < -0.39 is 11.9 Å². The summed E-state index contributed by atoms with van der Waals surface area (Å²) in [5, 5.41) is 15.6. The molecule has 0 aliphatic heterocycles. The predicted molar refractivity (Wildman–Crippen MR) is 79.6 cm³/mol. The van der Waals surface area contributed by atoms with Crippen LogP contribution in [0, 0.1) is 13.8 Å². The van der Waals surface area contributed by atoms with Gasteiger partial charge in [-0.05, 0) is 25.5 Å². The summed E-state index contributed by atoms with van der Waals surface area (Å²) in [6.07, 6.45) is 5.74. The number of carboxylic acids is 2. The van der Waals surface area contributed by atoms with Gasteiger partial charge in [0.05, 0.1) is 12.0 Å². The monoisotopic (exact) mass is 308 g/mol. The Bertz CT molecular complexity index is 613. The van der Waals surface area contributed by atoms with Crippen molar-refractivity contribution in [2.24, 2.45) is 0 Å². The van der Waals surface area contributed by atoms with E-state index in [0.717, 1.165) is 12.1 Å². The molecule has 2 aromatic rings. The molecule has 0 atom stereocenters. The molecule has 0 bridgehead atoms. The molecule has 0 radical (unpaired) electrons. The van der Waals surface area contributed by atoms with Crippen molar-refractivity contribution < 1.29 is 19.8 Å². The fraction of sp³-hybridized carbons (Fsp3) is 0.214. The molecule has 0 amide bonds. The zero-order valence-electron chi connectivity index (χ0n) is 11.7. The van der Waals surface area contributed by atoms with Gasteiger partial charge >= 0.3 is 11.9 Å². The summed E-state index contributed by atoms with van der Waals surface area (Å²) in [4.78, 5) is 29.1. The molecular formula is C14H16N2O4S. The molecule has 0 aliphatic rings. The molecule has 2 heterocycles. The van der Waals surface area contributed by atoms with E-state index in [4.69, 9.17) is 10.2 Å². The second-order valence-corrected chi connectivity index (χ2v) is 5.65. The minimum Gasteiger partial charge on any atom is -0.478 e. The number of rotatable bonds is 4. The van der Waals surface area contributed by atoms with Crippen molar-refractivity contribution in [3.63, 3.8) is 0 Å². The Morgan fingerprint density at radius 2 is 1.90 bits per heavy atom. The van der Waals surface area contributed by atoms with Crippen molar-refractivity contribution in [1.29, 1.82) is 0 Å². The highest BCUT2D eigenvalue weighted by Crippen LogP contribution is 2.22. The topological polar surface area (TPSA) is 103 Å². The minimum atomic E-state index is -1.26. The fourth-order valence-electron chi connectivity index (χ4n) is 1.58. The summed E-state index contributed by atoms with van der Waals surface area (Å²) in [5.74, 6) is -2.51. The minimum absolute atomic E-state index is 0.558. The maximum Gasteiger partial charge on any atom is 0.328 e. The van der Waals surface area contributed by atoms with Gasteiger partial charge in [0.15, 0.2) is 0 Å². The summed E-state index contributed by atoms with van der Waals surface area (Å²) in [7, 11) is 0. The average Bonchev–Trinajstić information content (AvgIpc) is 2.99. The number of H-pyrrole nitrogens is 1. The fourth-order valence-corrected chi connectivity index (χ4v) is 2.53. The van der Waals surface area contributed by atoms with Crippen LogP contribution in [0.15, 0.2) is 30.7 Å². The Labute approximate surface area is 125 Å². The number of hydrogen-bond donors (Lipinski definition) is 3. The van der Waals surface area contributed by atoms with E-state index in [-0.39, 0.29) is 0 Å². The largest absolute Gasteiger partial charge is 0.478 e. The van der Waals surface area contributed by atoms with Gasteiger partial charge in [-0.2, -0.15) is 0 Å². The number of hydrogen-bond acceptors (Lipinski definition) is 4. The predicted octanol–water partition coefficient (Wildman–Crippen LogP) is 2.39. The number of carbonyl (C=O) groups is 2. The summed E-state index contributed by atoms with van der Waals surface area (Å²) >= 11 is 1.85. The Balaban J connectivity index is 0.000000240. The van der Waals surface area contributed by atoms with Crippen molar-refractivity contribution in [2.45, 2.75) is 20.3 Å². The van der Waals surface area contributed by atoms with E-state index in [9.17, 15) is 9.59 Å². The van der Waals surface area contributed by atoms with Crippen LogP contribution in [0.2, 0.25) is 0 Å². The normalized spacial score (nSPS) is 10.2. The molecule has 2 rings (SSSR count). The van der Waals surface area contributed by atoms with E-state index in [1.165, 1.54) is 15.3 Å². The van der Waals surface area contributed by atoms with Crippen LogP contribution in [-0.2, 0) is 16.0 Å². The van der Waals surface area contributed by atoms with Crippen LogP contribution in [0.1, 0.15) is 21.0 Å². The van der Waals surface area contributed by atoms with E-state index in [1.807, 2.05) is 17.5 Å². The van der Waals surface area contributed by atoms with E-state index in [2.05, 4.69) is 29.9 Å². The molecular weight excluding hydrogens is 292 g/mol. The lowest BCUT2D eigenvalue weighted by Crippen LogP contribution is -1.91. The Morgan fingerprint density at radius 3 is 2.29 bits per heavy atom. The van der Waals surface area contributed by atoms with Gasteiger partial charge in [-0.25, -0.2) is 14.6 Å². The van der Waals surface area contributed by atoms with Crippen LogP contribution < -0.4 is 0 Å². The SMILES string of the molecule is Cc1cc(Cc2c[nH]cn2)c(C)s1.O=C(O)/C=C/C(=O)O. The van der Waals surface area contributed by atoms with Crippen LogP contribution in [0.4, 0.5) is 0 Å². The van der Waals surface area contributed by atoms with Crippen LogP contribution in [-0.4, -0.2) is 32.1 Å². The molecule has 3 N–H and O–H groups in total. The number of aryl methyl sites for hydroxylation is 2. The van der Waals surface area contributed by atoms with E-state index in [0.29, 0.717) is 12.2 Å². The zero-order chi connectivity index (χ0) is 15.8. The molecule has 2 aromatic heterocycles. The molecule has 21 heavy (non-hydrogen) atoms. The quantitative estimate of drug-likeness (QED) is 0.752. The van der Waals surface area contributed by atoms with Crippen LogP contribution in [0.3, 0.4) is 0 Å². The van der Waals surface area contributed by atoms with E-state index >= 15 is 0 Å². The van der Waals surface area contributed by atoms with Gasteiger partial charge < -0.3 is 15.2 Å². The molecule has 0 unspecified atom stereocenters. The van der Waals surface area contributed by atoms with Gasteiger partial charge in [0.1, 0.15) is 0 Å². The van der Waals surface area contributed by atoms with Crippen molar-refractivity contribution >= 4 is 23.3 Å². The second kappa shape index (κ2) is 8.01. The Morgan fingerprint density at radius 1 is 1.29 bits per heavy atom. The Kier molecular flexibility index (Phi) is 6.35. The van der Waals surface area contributed by atoms with Crippen LogP contribution in [0.25, 0.3) is 0 Å². The first kappa shape index (κ1) is 16.6. The molecule has 112 valence electrons. The molecule has 0 aromatic carbocycles. The third-order valence-corrected chi connectivity index (χ3v) is 3.45. The lowest BCUT2D eigenvalue weighted by molar-refractivity contribution is -0.134. The van der Waals surface area contributed by atoms with Gasteiger partial charge in [-0.3, -0.25) is 0 Å². The summed E-state index contributed by atoms with van der Waals surface area (Å²) in [6.45, 7) is 4.31. The maximum atomic E-state index is 9.55. The number of thiophene rings is 1. The summed E-state index contributed by atoms with van der Waals surface area (Å²) in [5.41, 5.74) is 2.51. The lowest BCUT2D eigenvalue weighted by atomic mass is 10.1. The molecule has 6 nitrogen and oxygen atoms in total. The van der Waals surface area contributed by atoms with Crippen molar-refractivity contribution in [3.8, 4) is 0 Å². The highest BCUT2D eigenvalue weighted by atomic mass is 32.1. The number of aromatic amines is 1. The first-order chi connectivity index (χ1) is 9.88. The second-order valence-electron chi connectivity index (χ2n) is 4.19. The van der Waals surface area contributed by atoms with Gasteiger partial charge in [0.2, 0.25) is 0 Å². The number of aromatic nitrogens is 2. The first-order valence-corrected chi connectivity index (χ1v) is 6.87. The van der Waals surface area contributed by atoms with Crippen LogP contribution in [0.5, 0.6) is 0 Å². The van der Waals surface area contributed by atoms with Gasteiger partial charge in [0.25, 0.3) is 0 Å². The first-order valence-electron chi connectivity index (χ1n) is 6.06. The maximum absolute atomic E-state index is 9.55. The highest BCUT2D eigenvalue weighted by Gasteiger charge is 2.04. The third kappa shape index (κ3) is 6.53. The standard InChI is InChI=1S/C10H12N2S.C4H4O4/c1-7-3-9(8(2)13-7)4-10-5-11-6-12-10;5-3(6)1-2-4(7)8/h3,5-6H,4H2,1-2H3,(H,11,12);1-2H,(H,5,6)(H,7,8)/b;2-1+. The smallest absolute Gasteiger partial charge is 0.328 e. The average molecular weight is 308 g/mol. The van der Waals surface area contributed by atoms with Gasteiger partial charge in [-0.1, -0.05) is 0 Å². The van der Waals surface area contributed by atoms with Crippen molar-refractivity contribution in [1.82, 2.24) is 9.97 Å². The molecule has 0 saturated heterocycles. The third-order valence-electron chi connectivity index (χ3n) is 2.44. The summed E-state index contributed by atoms with van der Waals surface area (Å²) < 4.78 is 0. The zero-order valence-corrected chi connectivity index (χ0v) is 12.5. The molecule has 0 spiro atoms. The van der Waals surface area contributed by atoms with Gasteiger partial charge in [0, 0.05) is 34.5 Å².